The van der Waals surface area contributed by atoms with Gasteiger partial charge in [0, 0.05) is 25.4 Å². The fraction of sp³-hybridized carbons (Fsp3) is 0.250. The maximum Gasteiger partial charge on any atom is 0.251 e. The van der Waals surface area contributed by atoms with Crippen molar-refractivity contribution < 1.29 is 23.5 Å². The summed E-state index contributed by atoms with van der Waals surface area (Å²) in [4.78, 5) is 28.5. The highest BCUT2D eigenvalue weighted by molar-refractivity contribution is 6.01. The molecule has 2 amide bonds. The van der Waals surface area contributed by atoms with Gasteiger partial charge in [-0.15, -0.1) is 5.10 Å². The predicted molar refractivity (Wildman–Crippen MR) is 124 cm³/mol. The number of methoxy groups -OCH3 is 2. The lowest BCUT2D eigenvalue weighted by atomic mass is 10.1. The molecule has 4 rings (SSSR count). The van der Waals surface area contributed by atoms with Gasteiger partial charge in [-0.05, 0) is 36.4 Å². The van der Waals surface area contributed by atoms with Crippen LogP contribution in [0.3, 0.4) is 0 Å². The largest absolute Gasteiger partial charge is 0.497 e. The molecule has 0 spiro atoms. The van der Waals surface area contributed by atoms with Gasteiger partial charge in [0.25, 0.3) is 5.91 Å². The summed E-state index contributed by atoms with van der Waals surface area (Å²) < 4.78 is 17.5. The van der Waals surface area contributed by atoms with E-state index >= 15 is 0 Å². The van der Waals surface area contributed by atoms with E-state index in [1.165, 1.54) is 23.0 Å². The van der Waals surface area contributed by atoms with E-state index in [1.54, 1.807) is 43.5 Å². The van der Waals surface area contributed by atoms with Crippen molar-refractivity contribution in [3.8, 4) is 5.75 Å². The van der Waals surface area contributed by atoms with Gasteiger partial charge in [-0.3, -0.25) is 14.5 Å². The van der Waals surface area contributed by atoms with Crippen LogP contribution in [0.4, 0.5) is 5.69 Å². The number of fused-ring (bicyclic) bond motifs is 1. The van der Waals surface area contributed by atoms with E-state index in [4.69, 9.17) is 13.9 Å². The number of hydrogen-bond acceptors (Lipinski definition) is 7. The molecule has 0 aliphatic carbocycles. The number of anilines is 1. The summed E-state index contributed by atoms with van der Waals surface area (Å²) in [6.07, 6.45) is 1.46. The lowest BCUT2D eigenvalue weighted by Gasteiger charge is -2.30. The molecule has 1 unspecified atom stereocenters. The average Bonchev–Trinajstić information content (AvgIpc) is 3.53. The number of nitrogens with one attached hydrogen (secondary N) is 1. The van der Waals surface area contributed by atoms with E-state index in [0.29, 0.717) is 34.8 Å². The van der Waals surface area contributed by atoms with Gasteiger partial charge in [-0.2, -0.15) is 0 Å². The number of carbonyl (C=O) groups excluding carboxylic acids is 2. The number of aromatic nitrogens is 3. The molecule has 34 heavy (non-hydrogen) atoms. The van der Waals surface area contributed by atoms with Gasteiger partial charge in [0.2, 0.25) is 5.91 Å². The zero-order valence-electron chi connectivity index (χ0n) is 18.9. The van der Waals surface area contributed by atoms with Crippen molar-refractivity contribution in [2.24, 2.45) is 0 Å². The molecule has 2 aromatic heterocycles. The number of amides is 2. The van der Waals surface area contributed by atoms with Gasteiger partial charge in [-0.1, -0.05) is 23.4 Å². The molecule has 10 nitrogen and oxygen atoms in total. The van der Waals surface area contributed by atoms with Crippen molar-refractivity contribution in [2.45, 2.75) is 12.6 Å². The maximum absolute atomic E-state index is 13.8. The van der Waals surface area contributed by atoms with Crippen molar-refractivity contribution in [1.29, 1.82) is 0 Å². The van der Waals surface area contributed by atoms with Crippen molar-refractivity contribution in [3.05, 3.63) is 72.7 Å². The average molecular weight is 463 g/mol. The standard InChI is InChI=1S/C24H25N5O5/c1-32-14-12-25-24(31)23(21-11-6-13-34-21)29(17-7-5-8-18(15-17)33-2)22(30)16-28-20-10-4-3-9-19(20)26-27-28/h3-11,13,15,23H,12,14,16H2,1-2H3,(H,25,31). The van der Waals surface area contributed by atoms with Crippen molar-refractivity contribution in [1.82, 2.24) is 20.3 Å². The Balaban J connectivity index is 1.75. The summed E-state index contributed by atoms with van der Waals surface area (Å²) in [5.74, 6) is 0.0628. The van der Waals surface area contributed by atoms with Crippen molar-refractivity contribution in [2.75, 3.05) is 32.3 Å². The molecule has 2 heterocycles. The zero-order chi connectivity index (χ0) is 23.9. The minimum atomic E-state index is -1.07. The van der Waals surface area contributed by atoms with Crippen LogP contribution in [0.1, 0.15) is 11.8 Å². The fourth-order valence-electron chi connectivity index (χ4n) is 3.63. The summed E-state index contributed by atoms with van der Waals surface area (Å²) >= 11 is 0. The molecule has 0 bridgehead atoms. The Labute approximate surface area is 196 Å². The third-order valence-electron chi connectivity index (χ3n) is 5.23. The predicted octanol–water partition coefficient (Wildman–Crippen LogP) is 2.57. The SMILES string of the molecule is COCCNC(=O)C(c1ccco1)N(C(=O)Cn1nnc2ccccc21)c1cccc(OC)c1. The van der Waals surface area contributed by atoms with E-state index in [0.717, 1.165) is 0 Å². The lowest BCUT2D eigenvalue weighted by molar-refractivity contribution is -0.127. The molecule has 10 heteroatoms. The Morgan fingerprint density at radius 2 is 1.97 bits per heavy atom. The van der Waals surface area contributed by atoms with Crippen LogP contribution in [0, 0.1) is 0 Å². The Bertz CT molecular complexity index is 1250. The first-order valence-corrected chi connectivity index (χ1v) is 10.7. The second-order valence-corrected chi connectivity index (χ2v) is 7.40. The van der Waals surface area contributed by atoms with Crippen LogP contribution in [0.2, 0.25) is 0 Å². The minimum absolute atomic E-state index is 0.139. The van der Waals surface area contributed by atoms with Crippen LogP contribution in [0.25, 0.3) is 11.0 Å². The van der Waals surface area contributed by atoms with Gasteiger partial charge in [0.15, 0.2) is 6.04 Å². The number of carbonyl (C=O) groups is 2. The first-order valence-electron chi connectivity index (χ1n) is 10.7. The molecule has 1 N–H and O–H groups in total. The summed E-state index contributed by atoms with van der Waals surface area (Å²) in [7, 11) is 3.08. The Morgan fingerprint density at radius 3 is 2.74 bits per heavy atom. The van der Waals surface area contributed by atoms with Gasteiger partial charge < -0.3 is 19.2 Å². The van der Waals surface area contributed by atoms with Crippen LogP contribution < -0.4 is 15.0 Å². The van der Waals surface area contributed by atoms with E-state index in [1.807, 2.05) is 24.3 Å². The highest BCUT2D eigenvalue weighted by atomic mass is 16.5. The first kappa shape index (κ1) is 23.0. The molecule has 2 aromatic carbocycles. The van der Waals surface area contributed by atoms with Crippen LogP contribution in [0.15, 0.2) is 71.3 Å². The molecule has 1 atom stereocenters. The third kappa shape index (κ3) is 4.91. The van der Waals surface area contributed by atoms with Crippen molar-refractivity contribution in [3.63, 3.8) is 0 Å². The fourth-order valence-corrected chi connectivity index (χ4v) is 3.63. The van der Waals surface area contributed by atoms with Crippen LogP contribution in [0.5, 0.6) is 5.75 Å². The molecular formula is C24H25N5O5. The highest BCUT2D eigenvalue weighted by Gasteiger charge is 2.35. The van der Waals surface area contributed by atoms with Gasteiger partial charge in [-0.25, -0.2) is 4.68 Å². The molecule has 0 saturated carbocycles. The van der Waals surface area contributed by atoms with Crippen molar-refractivity contribution >= 4 is 28.5 Å². The van der Waals surface area contributed by atoms with Crippen LogP contribution in [-0.2, 0) is 20.9 Å². The van der Waals surface area contributed by atoms with Gasteiger partial charge in [0.05, 0.1) is 25.5 Å². The second-order valence-electron chi connectivity index (χ2n) is 7.40. The monoisotopic (exact) mass is 463 g/mol. The second kappa shape index (κ2) is 10.6. The Kier molecular flexibility index (Phi) is 7.19. The highest BCUT2D eigenvalue weighted by Crippen LogP contribution is 2.31. The molecule has 0 radical (unpaired) electrons. The van der Waals surface area contributed by atoms with Crippen LogP contribution >= 0.6 is 0 Å². The van der Waals surface area contributed by atoms with E-state index in [9.17, 15) is 9.59 Å². The lowest BCUT2D eigenvalue weighted by Crippen LogP contribution is -2.45. The molecule has 4 aromatic rings. The number of nitrogens with zero attached hydrogens (tertiary/aromatic N) is 4. The molecular weight excluding hydrogens is 438 g/mol. The summed E-state index contributed by atoms with van der Waals surface area (Å²) in [6, 6.07) is 16.5. The number of ether oxygens (including phenoxy) is 2. The summed E-state index contributed by atoms with van der Waals surface area (Å²) in [5, 5.41) is 11.1. The quantitative estimate of drug-likeness (QED) is 0.360. The maximum atomic E-state index is 13.8. The van der Waals surface area contributed by atoms with Gasteiger partial charge in [0.1, 0.15) is 23.6 Å². The number of hydrogen-bond donors (Lipinski definition) is 1. The number of para-hydroxylation sites is 1. The smallest absolute Gasteiger partial charge is 0.251 e. The van der Waals surface area contributed by atoms with E-state index in [2.05, 4.69) is 15.6 Å². The Hall–Kier alpha value is -4.18. The Morgan fingerprint density at radius 1 is 1.12 bits per heavy atom. The molecule has 0 aliphatic heterocycles. The number of rotatable bonds is 10. The molecule has 0 aliphatic rings. The molecule has 0 fully saturated rings. The zero-order valence-corrected chi connectivity index (χ0v) is 18.9. The third-order valence-corrected chi connectivity index (χ3v) is 5.23. The summed E-state index contributed by atoms with van der Waals surface area (Å²) in [5.41, 5.74) is 1.85. The van der Waals surface area contributed by atoms with Crippen LogP contribution in [-0.4, -0.2) is 54.2 Å². The van der Waals surface area contributed by atoms with Gasteiger partial charge >= 0.3 is 0 Å². The summed E-state index contributed by atoms with van der Waals surface area (Å²) in [6.45, 7) is 0.468. The normalized spacial score (nSPS) is 11.8. The first-order chi connectivity index (χ1) is 16.6. The minimum Gasteiger partial charge on any atom is -0.497 e. The van der Waals surface area contributed by atoms with E-state index < -0.39 is 11.9 Å². The number of benzene rings is 2. The molecule has 0 saturated heterocycles. The number of furan rings is 1. The van der Waals surface area contributed by atoms with E-state index in [-0.39, 0.29) is 19.0 Å². The topological polar surface area (TPSA) is 112 Å². The molecule has 176 valence electrons.